The third-order valence-electron chi connectivity index (χ3n) is 5.59. The van der Waals surface area contributed by atoms with Crippen LogP contribution in [0.5, 0.6) is 23.0 Å². The number of carbonyl (C=O) groups is 1. The molecule has 6 heteroatoms. The smallest absolute Gasteiger partial charge is 0.328 e. The minimum atomic E-state index is -0.990. The van der Waals surface area contributed by atoms with Gasteiger partial charge >= 0.3 is 5.97 Å². The number of halogens is 1. The van der Waals surface area contributed by atoms with Crippen LogP contribution in [0.3, 0.4) is 0 Å². The van der Waals surface area contributed by atoms with Gasteiger partial charge < -0.3 is 19.3 Å². The molecule has 4 aromatic carbocycles. The molecule has 0 saturated heterocycles. The number of benzene rings is 4. The average molecular weight is 485 g/mol. The molecule has 1 aliphatic heterocycles. The van der Waals surface area contributed by atoms with Crippen molar-refractivity contribution in [3.05, 3.63) is 113 Å². The van der Waals surface area contributed by atoms with Crippen LogP contribution in [0, 0.1) is 0 Å². The van der Waals surface area contributed by atoms with Crippen LogP contribution in [0.15, 0.2) is 91.0 Å². The molecule has 0 atom stereocenters. The summed E-state index contributed by atoms with van der Waals surface area (Å²) in [4.78, 5) is 11.0. The largest absolute Gasteiger partial charge is 0.478 e. The average Bonchev–Trinajstić information content (AvgIpc) is 3.31. The lowest BCUT2D eigenvalue weighted by molar-refractivity contribution is -0.131. The number of hydrogen-bond acceptors (Lipinski definition) is 4. The Morgan fingerprint density at radius 2 is 1.69 bits per heavy atom. The minimum absolute atomic E-state index is 0.178. The van der Waals surface area contributed by atoms with E-state index < -0.39 is 5.97 Å². The number of fused-ring (bicyclic) bond motifs is 1. The molecule has 1 heterocycles. The van der Waals surface area contributed by atoms with Gasteiger partial charge in [-0.3, -0.25) is 0 Å². The number of hydrogen-bond donors (Lipinski definition) is 1. The highest BCUT2D eigenvalue weighted by molar-refractivity contribution is 6.31. The summed E-state index contributed by atoms with van der Waals surface area (Å²) < 4.78 is 17.1. The Hall–Kier alpha value is -4.22. The number of carboxylic acid groups (broad SMARTS) is 1. The van der Waals surface area contributed by atoms with E-state index >= 15 is 0 Å². The van der Waals surface area contributed by atoms with Crippen molar-refractivity contribution in [1.82, 2.24) is 0 Å². The highest BCUT2D eigenvalue weighted by Gasteiger charge is 2.18. The summed E-state index contributed by atoms with van der Waals surface area (Å²) in [6.45, 7) is 0.178. The van der Waals surface area contributed by atoms with Crippen molar-refractivity contribution in [3.8, 4) is 34.1 Å². The highest BCUT2D eigenvalue weighted by Crippen LogP contribution is 2.39. The number of carboxylic acids is 1. The Labute approximate surface area is 207 Å². The Bertz CT molecular complexity index is 1410. The fourth-order valence-electron chi connectivity index (χ4n) is 3.96. The first kappa shape index (κ1) is 22.6. The van der Waals surface area contributed by atoms with Crippen molar-refractivity contribution in [2.75, 3.05) is 6.79 Å². The predicted octanol–water partition coefficient (Wildman–Crippen LogP) is 7.22. The van der Waals surface area contributed by atoms with Crippen molar-refractivity contribution in [2.24, 2.45) is 0 Å². The standard InChI is InChI=1S/C29H21ClO5/c30-26-17-28-27(33-18-34-28)16-22(26)14-21-15-24(35-23-7-2-1-3-8-23)10-11-25(21)20-6-4-5-19(13-20)9-12-29(31)32/h1-13,15-17H,14,18H2,(H,31,32). The molecule has 0 unspecified atom stereocenters. The molecule has 0 saturated carbocycles. The summed E-state index contributed by atoms with van der Waals surface area (Å²) in [5, 5.41) is 9.57. The maximum absolute atomic E-state index is 11.0. The SMILES string of the molecule is O=C(O)C=Cc1cccc(-c2ccc(Oc3ccccc3)cc2Cc2cc3c(cc2Cl)OCO3)c1. The van der Waals surface area contributed by atoms with Gasteiger partial charge in [-0.05, 0) is 76.7 Å². The predicted molar refractivity (Wildman–Crippen MR) is 135 cm³/mol. The molecule has 35 heavy (non-hydrogen) atoms. The molecule has 1 aliphatic rings. The summed E-state index contributed by atoms with van der Waals surface area (Å²) in [5.41, 5.74) is 4.64. The normalized spacial score (nSPS) is 12.1. The first-order valence-electron chi connectivity index (χ1n) is 11.0. The lowest BCUT2D eigenvalue weighted by Crippen LogP contribution is -1.96. The Kier molecular flexibility index (Phi) is 6.42. The second-order valence-corrected chi connectivity index (χ2v) is 8.41. The molecule has 5 nitrogen and oxygen atoms in total. The second kappa shape index (κ2) is 9.95. The molecule has 1 N–H and O–H groups in total. The lowest BCUT2D eigenvalue weighted by atomic mass is 9.93. The topological polar surface area (TPSA) is 65.0 Å². The van der Waals surface area contributed by atoms with Gasteiger partial charge in [-0.1, -0.05) is 54.1 Å². The molecule has 0 bridgehead atoms. The first-order chi connectivity index (χ1) is 17.0. The molecule has 174 valence electrons. The number of aliphatic carboxylic acids is 1. The first-order valence-corrected chi connectivity index (χ1v) is 11.4. The van der Waals surface area contributed by atoms with Crippen LogP contribution >= 0.6 is 11.6 Å². The van der Waals surface area contributed by atoms with E-state index in [9.17, 15) is 4.79 Å². The zero-order valence-corrected chi connectivity index (χ0v) is 19.4. The highest BCUT2D eigenvalue weighted by atomic mass is 35.5. The van der Waals surface area contributed by atoms with Gasteiger partial charge in [-0.2, -0.15) is 0 Å². The van der Waals surface area contributed by atoms with Gasteiger partial charge in [-0.15, -0.1) is 0 Å². The van der Waals surface area contributed by atoms with Gasteiger partial charge in [0.05, 0.1) is 0 Å². The summed E-state index contributed by atoms with van der Waals surface area (Å²) in [6, 6.07) is 26.9. The van der Waals surface area contributed by atoms with Gasteiger partial charge in [0.2, 0.25) is 6.79 Å². The van der Waals surface area contributed by atoms with Crippen LogP contribution in [0.2, 0.25) is 5.02 Å². The third-order valence-corrected chi connectivity index (χ3v) is 5.95. The third kappa shape index (κ3) is 5.31. The minimum Gasteiger partial charge on any atom is -0.478 e. The summed E-state index contributed by atoms with van der Waals surface area (Å²) in [7, 11) is 0. The van der Waals surface area contributed by atoms with Crippen LogP contribution in [0.1, 0.15) is 16.7 Å². The Morgan fingerprint density at radius 3 is 2.49 bits per heavy atom. The fraction of sp³-hybridized carbons (Fsp3) is 0.0690. The van der Waals surface area contributed by atoms with E-state index in [0.717, 1.165) is 39.6 Å². The van der Waals surface area contributed by atoms with Crippen molar-refractivity contribution in [2.45, 2.75) is 6.42 Å². The summed E-state index contributed by atoms with van der Waals surface area (Å²) in [5.74, 6) is 1.76. The maximum atomic E-state index is 11.0. The van der Waals surface area contributed by atoms with E-state index in [2.05, 4.69) is 0 Å². The van der Waals surface area contributed by atoms with Crippen LogP contribution in [0.25, 0.3) is 17.2 Å². The molecular weight excluding hydrogens is 464 g/mol. The van der Waals surface area contributed by atoms with Crippen molar-refractivity contribution in [3.63, 3.8) is 0 Å². The van der Waals surface area contributed by atoms with E-state index in [1.807, 2.05) is 78.9 Å². The van der Waals surface area contributed by atoms with Gasteiger partial charge in [-0.25, -0.2) is 4.79 Å². The molecule has 4 aromatic rings. The van der Waals surface area contributed by atoms with Crippen molar-refractivity contribution < 1.29 is 24.1 Å². The Morgan fingerprint density at radius 1 is 0.886 bits per heavy atom. The molecule has 0 radical (unpaired) electrons. The molecule has 0 amide bonds. The zero-order chi connectivity index (χ0) is 24.2. The molecule has 0 aliphatic carbocycles. The van der Waals surface area contributed by atoms with Gasteiger partial charge in [0.15, 0.2) is 11.5 Å². The van der Waals surface area contributed by atoms with Gasteiger partial charge in [0.25, 0.3) is 0 Å². The molecular formula is C29H21ClO5. The summed E-state index contributed by atoms with van der Waals surface area (Å²) in [6.07, 6.45) is 3.24. The van der Waals surface area contributed by atoms with Crippen LogP contribution in [0.4, 0.5) is 0 Å². The lowest BCUT2D eigenvalue weighted by Gasteiger charge is -2.15. The van der Waals surface area contributed by atoms with E-state index in [1.54, 1.807) is 12.1 Å². The fourth-order valence-corrected chi connectivity index (χ4v) is 4.18. The van der Waals surface area contributed by atoms with Crippen molar-refractivity contribution in [1.29, 1.82) is 0 Å². The quantitative estimate of drug-likeness (QED) is 0.280. The monoisotopic (exact) mass is 484 g/mol. The molecule has 0 aromatic heterocycles. The number of rotatable bonds is 7. The Balaban J connectivity index is 1.55. The van der Waals surface area contributed by atoms with Crippen LogP contribution < -0.4 is 14.2 Å². The van der Waals surface area contributed by atoms with E-state index in [0.29, 0.717) is 28.7 Å². The van der Waals surface area contributed by atoms with Crippen LogP contribution in [-0.2, 0) is 11.2 Å². The van der Waals surface area contributed by atoms with Gasteiger partial charge in [0, 0.05) is 17.2 Å². The van der Waals surface area contributed by atoms with E-state index in [-0.39, 0.29) is 6.79 Å². The zero-order valence-electron chi connectivity index (χ0n) is 18.6. The second-order valence-electron chi connectivity index (χ2n) is 8.00. The van der Waals surface area contributed by atoms with Crippen LogP contribution in [-0.4, -0.2) is 17.9 Å². The molecule has 0 spiro atoms. The van der Waals surface area contributed by atoms with E-state index in [1.165, 1.54) is 0 Å². The van der Waals surface area contributed by atoms with E-state index in [4.69, 9.17) is 30.9 Å². The van der Waals surface area contributed by atoms with Gasteiger partial charge in [0.1, 0.15) is 11.5 Å². The number of para-hydroxylation sites is 1. The van der Waals surface area contributed by atoms with Crippen molar-refractivity contribution >= 4 is 23.6 Å². The maximum Gasteiger partial charge on any atom is 0.328 e. The number of ether oxygens (including phenoxy) is 3. The molecule has 5 rings (SSSR count). The summed E-state index contributed by atoms with van der Waals surface area (Å²) >= 11 is 6.59. The molecule has 0 fully saturated rings.